The molecular weight excluding hydrogens is 266 g/mol. The molecule has 2 atom stereocenters. The molecule has 0 spiro atoms. The zero-order chi connectivity index (χ0) is 14.8. The summed E-state index contributed by atoms with van der Waals surface area (Å²) in [5.74, 6) is 2.30. The van der Waals surface area contributed by atoms with Crippen molar-refractivity contribution < 1.29 is 14.6 Å². The second-order valence-corrected chi connectivity index (χ2v) is 6.21. The zero-order valence-corrected chi connectivity index (χ0v) is 12.9. The second-order valence-electron chi connectivity index (χ2n) is 6.21. The van der Waals surface area contributed by atoms with E-state index in [1.165, 1.54) is 12.8 Å². The van der Waals surface area contributed by atoms with Crippen LogP contribution in [-0.2, 0) is 0 Å². The topological polar surface area (TPSA) is 41.9 Å². The Hall–Kier alpha value is -1.26. The van der Waals surface area contributed by atoms with Crippen molar-refractivity contribution in [2.75, 3.05) is 27.3 Å². The molecule has 0 bridgehead atoms. The largest absolute Gasteiger partial charge is 0.493 e. The van der Waals surface area contributed by atoms with Gasteiger partial charge < -0.3 is 14.6 Å². The molecule has 0 aromatic heterocycles. The summed E-state index contributed by atoms with van der Waals surface area (Å²) in [4.78, 5) is 2.45. The predicted molar refractivity (Wildman–Crippen MR) is 81.8 cm³/mol. The van der Waals surface area contributed by atoms with Gasteiger partial charge in [0, 0.05) is 6.54 Å². The number of aliphatic hydroxyl groups is 1. The van der Waals surface area contributed by atoms with Crippen LogP contribution in [0.5, 0.6) is 11.5 Å². The van der Waals surface area contributed by atoms with E-state index in [1.807, 2.05) is 12.1 Å². The number of rotatable bonds is 5. The van der Waals surface area contributed by atoms with E-state index in [0.29, 0.717) is 0 Å². The Morgan fingerprint density at radius 2 is 1.90 bits per heavy atom. The Morgan fingerprint density at radius 1 is 1.14 bits per heavy atom. The van der Waals surface area contributed by atoms with Gasteiger partial charge in [-0.2, -0.15) is 0 Å². The van der Waals surface area contributed by atoms with Crippen molar-refractivity contribution >= 4 is 0 Å². The number of ether oxygens (including phenoxy) is 2. The molecule has 116 valence electrons. The van der Waals surface area contributed by atoms with Gasteiger partial charge in [-0.15, -0.1) is 0 Å². The first-order valence-electron chi connectivity index (χ1n) is 7.87. The fourth-order valence-electron chi connectivity index (χ4n) is 3.35. The number of methoxy groups -OCH3 is 2. The standard InChI is InChI=1S/C17H25NO3/c1-20-15-8-7-13(10-16(15)21-2)17-14(19)4-3-9-18(17)11-12-5-6-12/h7-8,10,12,14,17,19H,3-6,9,11H2,1-2H3/t14-,17-/m1/s1. The Labute approximate surface area is 126 Å². The molecule has 2 aliphatic rings. The summed E-state index contributed by atoms with van der Waals surface area (Å²) in [6, 6.07) is 6.09. The van der Waals surface area contributed by atoms with Gasteiger partial charge in [-0.25, -0.2) is 0 Å². The average molecular weight is 291 g/mol. The Kier molecular flexibility index (Phi) is 4.36. The normalized spacial score (nSPS) is 26.6. The van der Waals surface area contributed by atoms with Gasteiger partial charge in [-0.1, -0.05) is 6.07 Å². The fourth-order valence-corrected chi connectivity index (χ4v) is 3.35. The summed E-state index contributed by atoms with van der Waals surface area (Å²) in [6.07, 6.45) is 4.34. The molecule has 1 N–H and O–H groups in total. The molecule has 1 saturated carbocycles. The van der Waals surface area contributed by atoms with Crippen LogP contribution in [-0.4, -0.2) is 43.4 Å². The minimum Gasteiger partial charge on any atom is -0.493 e. The lowest BCUT2D eigenvalue weighted by molar-refractivity contribution is 0.00726. The summed E-state index contributed by atoms with van der Waals surface area (Å²) in [7, 11) is 3.30. The lowest BCUT2D eigenvalue weighted by Crippen LogP contribution is -2.42. The molecule has 1 aromatic carbocycles. The highest BCUT2D eigenvalue weighted by Gasteiger charge is 2.35. The molecule has 4 nitrogen and oxygen atoms in total. The molecule has 1 heterocycles. The molecule has 1 aliphatic carbocycles. The van der Waals surface area contributed by atoms with E-state index in [9.17, 15) is 5.11 Å². The molecule has 1 saturated heterocycles. The number of hydrogen-bond acceptors (Lipinski definition) is 4. The summed E-state index contributed by atoms with van der Waals surface area (Å²) < 4.78 is 10.7. The molecule has 2 fully saturated rings. The third-order valence-electron chi connectivity index (χ3n) is 4.64. The third-order valence-corrected chi connectivity index (χ3v) is 4.64. The second kappa shape index (κ2) is 6.24. The maximum absolute atomic E-state index is 10.5. The SMILES string of the molecule is COc1ccc([C@@H]2[C@H](O)CCCN2CC2CC2)cc1OC. The highest BCUT2D eigenvalue weighted by Crippen LogP contribution is 2.39. The van der Waals surface area contributed by atoms with E-state index in [4.69, 9.17) is 9.47 Å². The van der Waals surface area contributed by atoms with Crippen LogP contribution < -0.4 is 9.47 Å². The van der Waals surface area contributed by atoms with Crippen LogP contribution in [0.2, 0.25) is 0 Å². The van der Waals surface area contributed by atoms with Crippen molar-refractivity contribution in [2.45, 2.75) is 37.8 Å². The molecule has 1 aliphatic heterocycles. The summed E-state index contributed by atoms with van der Waals surface area (Å²) in [6.45, 7) is 2.18. The van der Waals surface area contributed by atoms with E-state index in [2.05, 4.69) is 11.0 Å². The van der Waals surface area contributed by atoms with Crippen LogP contribution in [0.15, 0.2) is 18.2 Å². The lowest BCUT2D eigenvalue weighted by Gasteiger charge is -2.39. The fraction of sp³-hybridized carbons (Fsp3) is 0.647. The van der Waals surface area contributed by atoms with Crippen LogP contribution in [0.25, 0.3) is 0 Å². The number of nitrogens with zero attached hydrogens (tertiary/aromatic N) is 1. The predicted octanol–water partition coefficient (Wildman–Crippen LogP) is 2.61. The maximum Gasteiger partial charge on any atom is 0.161 e. The first-order chi connectivity index (χ1) is 10.2. The van der Waals surface area contributed by atoms with Crippen molar-refractivity contribution in [1.82, 2.24) is 4.90 Å². The van der Waals surface area contributed by atoms with Crippen molar-refractivity contribution in [3.63, 3.8) is 0 Å². The molecular formula is C17H25NO3. The highest BCUT2D eigenvalue weighted by atomic mass is 16.5. The molecule has 3 rings (SSSR count). The van der Waals surface area contributed by atoms with Gasteiger partial charge >= 0.3 is 0 Å². The van der Waals surface area contributed by atoms with Gasteiger partial charge in [-0.05, 0) is 55.8 Å². The average Bonchev–Trinajstić information content (AvgIpc) is 3.31. The van der Waals surface area contributed by atoms with Crippen molar-refractivity contribution in [3.05, 3.63) is 23.8 Å². The summed E-state index contributed by atoms with van der Waals surface area (Å²) >= 11 is 0. The monoisotopic (exact) mass is 291 g/mol. The van der Waals surface area contributed by atoms with E-state index < -0.39 is 0 Å². The molecule has 0 unspecified atom stereocenters. The van der Waals surface area contributed by atoms with Gasteiger partial charge in [0.15, 0.2) is 11.5 Å². The van der Waals surface area contributed by atoms with Crippen molar-refractivity contribution in [1.29, 1.82) is 0 Å². The van der Waals surface area contributed by atoms with Crippen LogP contribution in [0, 0.1) is 5.92 Å². The smallest absolute Gasteiger partial charge is 0.161 e. The van der Waals surface area contributed by atoms with Gasteiger partial charge in [0.05, 0.1) is 26.4 Å². The van der Waals surface area contributed by atoms with Gasteiger partial charge in [0.25, 0.3) is 0 Å². The molecule has 21 heavy (non-hydrogen) atoms. The van der Waals surface area contributed by atoms with Gasteiger partial charge in [-0.3, -0.25) is 4.90 Å². The lowest BCUT2D eigenvalue weighted by atomic mass is 9.92. The first-order valence-corrected chi connectivity index (χ1v) is 7.87. The number of benzene rings is 1. The number of likely N-dealkylation sites (tertiary alicyclic amines) is 1. The Bertz CT molecular complexity index is 487. The Morgan fingerprint density at radius 3 is 2.57 bits per heavy atom. The number of piperidine rings is 1. The summed E-state index contributed by atoms with van der Waals surface area (Å²) in [5.41, 5.74) is 1.13. The van der Waals surface area contributed by atoms with E-state index in [1.54, 1.807) is 14.2 Å². The van der Waals surface area contributed by atoms with Crippen LogP contribution in [0.1, 0.15) is 37.3 Å². The number of aliphatic hydroxyl groups excluding tert-OH is 1. The van der Waals surface area contributed by atoms with Gasteiger partial charge in [0.2, 0.25) is 0 Å². The molecule has 4 heteroatoms. The molecule has 0 amide bonds. The van der Waals surface area contributed by atoms with E-state index in [-0.39, 0.29) is 12.1 Å². The Balaban J connectivity index is 1.86. The minimum absolute atomic E-state index is 0.0826. The van der Waals surface area contributed by atoms with E-state index in [0.717, 1.165) is 48.9 Å². The third kappa shape index (κ3) is 3.16. The highest BCUT2D eigenvalue weighted by molar-refractivity contribution is 5.44. The number of hydrogen-bond donors (Lipinski definition) is 1. The minimum atomic E-state index is -0.296. The van der Waals surface area contributed by atoms with Crippen LogP contribution in [0.4, 0.5) is 0 Å². The van der Waals surface area contributed by atoms with Crippen molar-refractivity contribution in [3.8, 4) is 11.5 Å². The van der Waals surface area contributed by atoms with Crippen molar-refractivity contribution in [2.24, 2.45) is 5.92 Å². The molecule has 1 aromatic rings. The van der Waals surface area contributed by atoms with Gasteiger partial charge in [0.1, 0.15) is 0 Å². The zero-order valence-electron chi connectivity index (χ0n) is 12.9. The van der Waals surface area contributed by atoms with Crippen LogP contribution >= 0.6 is 0 Å². The van der Waals surface area contributed by atoms with E-state index >= 15 is 0 Å². The summed E-state index contributed by atoms with van der Waals surface area (Å²) in [5, 5.41) is 10.5. The maximum atomic E-state index is 10.5. The first kappa shape index (κ1) is 14.7. The quantitative estimate of drug-likeness (QED) is 0.905. The molecule has 0 radical (unpaired) electrons. The van der Waals surface area contributed by atoms with Crippen LogP contribution in [0.3, 0.4) is 0 Å².